The van der Waals surface area contributed by atoms with Crippen molar-refractivity contribution >= 4 is 0 Å². The molecule has 0 fully saturated rings. The Balaban J connectivity index is 2.51. The maximum Gasteiger partial charge on any atom is 0.162 e. The van der Waals surface area contributed by atoms with Crippen LogP contribution < -0.4 is 0 Å². The van der Waals surface area contributed by atoms with Crippen LogP contribution in [0, 0.1) is 6.20 Å². The van der Waals surface area contributed by atoms with Crippen molar-refractivity contribution in [2.75, 3.05) is 14.2 Å². The van der Waals surface area contributed by atoms with Gasteiger partial charge in [-0.2, -0.15) is 0 Å². The molecular formula is C8H11N2O2. The third-order valence-corrected chi connectivity index (χ3v) is 1.48. The van der Waals surface area contributed by atoms with Crippen molar-refractivity contribution < 1.29 is 9.47 Å². The zero-order valence-corrected chi connectivity index (χ0v) is 7.15. The van der Waals surface area contributed by atoms with Crippen molar-refractivity contribution in [3.05, 3.63) is 24.3 Å². The van der Waals surface area contributed by atoms with E-state index in [9.17, 15) is 0 Å². The molecule has 4 heteroatoms. The highest BCUT2D eigenvalue weighted by Gasteiger charge is 2.06. The highest BCUT2D eigenvalue weighted by Crippen LogP contribution is 2.00. The van der Waals surface area contributed by atoms with E-state index >= 15 is 0 Å². The molecule has 0 saturated heterocycles. The van der Waals surface area contributed by atoms with Crippen LogP contribution in [0.5, 0.6) is 0 Å². The molecule has 0 saturated carbocycles. The number of aromatic nitrogens is 2. The SMILES string of the molecule is COC(Cc1cn[c]cn1)OC. The third-order valence-electron chi connectivity index (χ3n) is 1.48. The van der Waals surface area contributed by atoms with Gasteiger partial charge >= 0.3 is 0 Å². The van der Waals surface area contributed by atoms with E-state index in [-0.39, 0.29) is 6.29 Å². The van der Waals surface area contributed by atoms with Crippen molar-refractivity contribution in [3.8, 4) is 0 Å². The molecule has 1 aromatic rings. The molecule has 12 heavy (non-hydrogen) atoms. The lowest BCUT2D eigenvalue weighted by atomic mass is 10.3. The van der Waals surface area contributed by atoms with Crippen molar-refractivity contribution in [2.45, 2.75) is 12.7 Å². The topological polar surface area (TPSA) is 44.2 Å². The maximum atomic E-state index is 5.00. The van der Waals surface area contributed by atoms with E-state index in [0.29, 0.717) is 6.42 Å². The Morgan fingerprint density at radius 3 is 2.75 bits per heavy atom. The molecule has 0 aromatic carbocycles. The van der Waals surface area contributed by atoms with Gasteiger partial charge in [-0.1, -0.05) is 0 Å². The Labute approximate surface area is 71.6 Å². The fourth-order valence-corrected chi connectivity index (χ4v) is 0.829. The molecule has 1 heterocycles. The van der Waals surface area contributed by atoms with Crippen LogP contribution in [0.3, 0.4) is 0 Å². The first-order chi connectivity index (χ1) is 5.86. The number of hydrogen-bond acceptors (Lipinski definition) is 4. The Morgan fingerprint density at radius 2 is 2.25 bits per heavy atom. The molecule has 0 unspecified atom stereocenters. The minimum absolute atomic E-state index is 0.248. The fraction of sp³-hybridized carbons (Fsp3) is 0.500. The molecular weight excluding hydrogens is 156 g/mol. The molecule has 0 atom stereocenters. The van der Waals surface area contributed by atoms with E-state index in [1.807, 2.05) is 0 Å². The van der Waals surface area contributed by atoms with Crippen molar-refractivity contribution in [1.29, 1.82) is 0 Å². The van der Waals surface area contributed by atoms with Crippen LogP contribution in [0.2, 0.25) is 0 Å². The van der Waals surface area contributed by atoms with Crippen LogP contribution in [-0.4, -0.2) is 30.5 Å². The van der Waals surface area contributed by atoms with Gasteiger partial charge < -0.3 is 9.47 Å². The number of rotatable bonds is 4. The predicted octanol–water partition coefficient (Wildman–Crippen LogP) is 0.438. The lowest BCUT2D eigenvalue weighted by Gasteiger charge is -2.11. The molecule has 1 rings (SSSR count). The van der Waals surface area contributed by atoms with Gasteiger partial charge in [0.15, 0.2) is 6.29 Å². The first kappa shape index (κ1) is 9.09. The third kappa shape index (κ3) is 2.56. The summed E-state index contributed by atoms with van der Waals surface area (Å²) in [5, 5.41) is 0. The van der Waals surface area contributed by atoms with E-state index in [0.717, 1.165) is 5.69 Å². The van der Waals surface area contributed by atoms with E-state index < -0.39 is 0 Å². The average Bonchev–Trinajstić information content (AvgIpc) is 2.16. The quantitative estimate of drug-likeness (QED) is 0.610. The van der Waals surface area contributed by atoms with Crippen molar-refractivity contribution in [1.82, 2.24) is 9.97 Å². The van der Waals surface area contributed by atoms with E-state index in [4.69, 9.17) is 9.47 Å². The van der Waals surface area contributed by atoms with E-state index in [1.54, 1.807) is 20.4 Å². The second kappa shape index (κ2) is 4.79. The minimum Gasteiger partial charge on any atom is -0.356 e. The Morgan fingerprint density at radius 1 is 1.50 bits per heavy atom. The lowest BCUT2D eigenvalue weighted by Crippen LogP contribution is -2.16. The van der Waals surface area contributed by atoms with Gasteiger partial charge in [0.25, 0.3) is 0 Å². The fourth-order valence-electron chi connectivity index (χ4n) is 0.829. The van der Waals surface area contributed by atoms with Crippen LogP contribution >= 0.6 is 0 Å². The number of ether oxygens (including phenoxy) is 2. The molecule has 0 N–H and O–H groups in total. The first-order valence-corrected chi connectivity index (χ1v) is 3.59. The zero-order valence-electron chi connectivity index (χ0n) is 7.15. The van der Waals surface area contributed by atoms with Gasteiger partial charge in [0.05, 0.1) is 11.9 Å². The van der Waals surface area contributed by atoms with Crippen LogP contribution in [0.25, 0.3) is 0 Å². The first-order valence-electron chi connectivity index (χ1n) is 3.59. The predicted molar refractivity (Wildman–Crippen MR) is 42.4 cm³/mol. The van der Waals surface area contributed by atoms with E-state index in [1.165, 1.54) is 6.20 Å². The molecule has 0 bridgehead atoms. The van der Waals surface area contributed by atoms with Gasteiger partial charge in [-0.05, 0) is 0 Å². The second-order valence-corrected chi connectivity index (χ2v) is 2.24. The second-order valence-electron chi connectivity index (χ2n) is 2.24. The monoisotopic (exact) mass is 167 g/mol. The molecule has 1 aromatic heterocycles. The van der Waals surface area contributed by atoms with Crippen molar-refractivity contribution in [2.24, 2.45) is 0 Å². The highest BCUT2D eigenvalue weighted by atomic mass is 16.7. The summed E-state index contributed by atoms with van der Waals surface area (Å²) in [4.78, 5) is 7.84. The van der Waals surface area contributed by atoms with Gasteiger partial charge in [-0.25, -0.2) is 0 Å². The molecule has 65 valence electrons. The summed E-state index contributed by atoms with van der Waals surface area (Å²) >= 11 is 0. The van der Waals surface area contributed by atoms with E-state index in [2.05, 4.69) is 16.2 Å². The Hall–Kier alpha value is -1.00. The van der Waals surface area contributed by atoms with Crippen LogP contribution in [0.4, 0.5) is 0 Å². The zero-order chi connectivity index (χ0) is 8.81. The number of nitrogens with zero attached hydrogens (tertiary/aromatic N) is 2. The van der Waals surface area contributed by atoms with Gasteiger partial charge in [0, 0.05) is 26.8 Å². The Bertz CT molecular complexity index is 212. The van der Waals surface area contributed by atoms with Gasteiger partial charge in [0.2, 0.25) is 0 Å². The molecule has 0 aliphatic rings. The largest absolute Gasteiger partial charge is 0.356 e. The summed E-state index contributed by atoms with van der Waals surface area (Å²) in [6, 6.07) is 0. The van der Waals surface area contributed by atoms with Crippen LogP contribution in [-0.2, 0) is 15.9 Å². The van der Waals surface area contributed by atoms with Crippen LogP contribution in [0.15, 0.2) is 12.4 Å². The maximum absolute atomic E-state index is 5.00. The molecule has 1 radical (unpaired) electrons. The molecule has 0 aliphatic carbocycles. The summed E-state index contributed by atoms with van der Waals surface area (Å²) in [5.41, 5.74) is 0.836. The normalized spacial score (nSPS) is 10.6. The number of hydrogen-bond donors (Lipinski definition) is 0. The summed E-state index contributed by atoms with van der Waals surface area (Å²) in [6.07, 6.45) is 6.13. The summed E-state index contributed by atoms with van der Waals surface area (Å²) in [7, 11) is 3.19. The molecule has 0 spiro atoms. The van der Waals surface area contributed by atoms with Gasteiger partial charge in [0.1, 0.15) is 6.20 Å². The minimum atomic E-state index is -0.248. The average molecular weight is 167 g/mol. The highest BCUT2D eigenvalue weighted by molar-refractivity contribution is 4.94. The standard InChI is InChI=1S/C8H11N2O2/c1-11-8(12-2)5-7-6-9-3-4-10-7/h4,6,8H,5H2,1-2H3. The van der Waals surface area contributed by atoms with Crippen molar-refractivity contribution in [3.63, 3.8) is 0 Å². The molecule has 4 nitrogen and oxygen atoms in total. The van der Waals surface area contributed by atoms with Gasteiger partial charge in [-0.15, -0.1) is 0 Å². The molecule has 0 amide bonds. The smallest absolute Gasteiger partial charge is 0.162 e. The van der Waals surface area contributed by atoms with Crippen LogP contribution in [0.1, 0.15) is 5.69 Å². The number of methoxy groups -OCH3 is 2. The summed E-state index contributed by atoms with van der Waals surface area (Å²) in [5.74, 6) is 0. The Kier molecular flexibility index (Phi) is 3.63. The molecule has 0 aliphatic heterocycles. The van der Waals surface area contributed by atoms with Gasteiger partial charge in [-0.3, -0.25) is 9.97 Å². The summed E-state index contributed by atoms with van der Waals surface area (Å²) in [6.45, 7) is 0. The summed E-state index contributed by atoms with van der Waals surface area (Å²) < 4.78 is 10.0. The lowest BCUT2D eigenvalue weighted by molar-refractivity contribution is -0.101.